The fourth-order valence-corrected chi connectivity index (χ4v) is 11.6. The third-order valence-corrected chi connectivity index (χ3v) is 16.0. The highest BCUT2D eigenvalue weighted by molar-refractivity contribution is 5.69. The fourth-order valence-electron chi connectivity index (χ4n) is 11.6. The van der Waals surface area contributed by atoms with Gasteiger partial charge in [-0.25, -0.2) is 13.7 Å². The van der Waals surface area contributed by atoms with Gasteiger partial charge in [0, 0.05) is 68.0 Å². The normalized spacial score (nSPS) is 21.5. The zero-order valence-corrected chi connectivity index (χ0v) is 46.5. The lowest BCUT2D eigenvalue weighted by molar-refractivity contribution is -0.660. The molecule has 0 aliphatic heterocycles. The van der Waals surface area contributed by atoms with Gasteiger partial charge in [0.25, 0.3) is 0 Å². The Kier molecular flexibility index (Phi) is 13.6. The van der Waals surface area contributed by atoms with E-state index >= 15 is 0 Å². The lowest BCUT2D eigenvalue weighted by Gasteiger charge is -2.22. The average Bonchev–Trinajstić information content (AvgIpc) is 0.660. The predicted octanol–water partition coefficient (Wildman–Crippen LogP) is 18.6. The molecule has 0 saturated heterocycles. The Labute approximate surface area is 485 Å². The van der Waals surface area contributed by atoms with E-state index in [1.54, 1.807) is 6.07 Å². The maximum atomic E-state index is 9.02. The average molecular weight is 1040 g/mol. The van der Waals surface area contributed by atoms with Crippen LogP contribution in [0, 0.1) is 20.8 Å². The minimum absolute atomic E-state index is 0.283. The first-order chi connectivity index (χ1) is 42.6. The van der Waals surface area contributed by atoms with Gasteiger partial charge < -0.3 is 0 Å². The zero-order chi connectivity index (χ0) is 64.6. The van der Waals surface area contributed by atoms with Crippen molar-refractivity contribution < 1.29 is 30.2 Å². The van der Waals surface area contributed by atoms with Gasteiger partial charge in [-0.15, -0.1) is 0 Å². The molecule has 0 spiro atoms. The molecule has 3 heterocycles. The Balaban J connectivity index is 0.000000152. The smallest absolute Gasteiger partial charge is 0.200 e. The van der Waals surface area contributed by atoms with Gasteiger partial charge in [-0.1, -0.05) is 185 Å². The molecule has 6 aromatic carbocycles. The molecule has 0 radical (unpaired) electrons. The van der Waals surface area contributed by atoms with Crippen molar-refractivity contribution in [3.63, 3.8) is 0 Å². The summed E-state index contributed by atoms with van der Waals surface area (Å²) in [6, 6.07) is 61.4. The Hall–Kier alpha value is -7.23. The highest BCUT2D eigenvalue weighted by Crippen LogP contribution is 2.37. The van der Waals surface area contributed by atoms with E-state index in [0.29, 0.717) is 11.1 Å². The molecule has 3 fully saturated rings. The minimum atomic E-state index is -3.55. The topological polar surface area (TPSA) is 11.6 Å². The lowest BCUT2D eigenvalue weighted by Crippen LogP contribution is -2.30. The van der Waals surface area contributed by atoms with Crippen LogP contribution in [-0.4, -0.2) is 0 Å². The SMILES string of the molecule is Cc1ccccc1-c1ccc(-c2ccc(C3CCCCC3)cc2)c[n+]1C.[2H]C1([2H])C([2H])([2H])C([2H])([2H])C([2H])(c2cccc(-c3ccc(-c4ccccc4C)[n+](C)c3)c2)C([2H])([2H])C1([2H])[2H].[2H]C1(c2cccc(-c3ccc(-c4ccccc4C)[n+](C)c3)c2)CCCCC1. The molecule has 0 amide bonds. The summed E-state index contributed by atoms with van der Waals surface area (Å²) in [5.74, 6) is -2.74. The van der Waals surface area contributed by atoms with Crippen LogP contribution in [0.3, 0.4) is 0 Å². The molecule has 396 valence electrons. The van der Waals surface area contributed by atoms with Crippen molar-refractivity contribution in [3.8, 4) is 67.2 Å². The molecule has 0 unspecified atom stereocenters. The summed E-state index contributed by atoms with van der Waals surface area (Å²) in [7, 11) is 6.12. The molecule has 0 atom stereocenters. The third kappa shape index (κ3) is 13.2. The predicted molar refractivity (Wildman–Crippen MR) is 327 cm³/mol. The van der Waals surface area contributed by atoms with Crippen LogP contribution in [0.2, 0.25) is 0 Å². The third-order valence-electron chi connectivity index (χ3n) is 16.0. The zero-order valence-electron chi connectivity index (χ0n) is 58.5. The molecular weight excluding hydrogens is 943 g/mol. The van der Waals surface area contributed by atoms with Gasteiger partial charge in [0.15, 0.2) is 18.6 Å². The maximum absolute atomic E-state index is 9.02. The van der Waals surface area contributed by atoms with E-state index in [1.165, 1.54) is 137 Å². The summed E-state index contributed by atoms with van der Waals surface area (Å²) in [4.78, 5) is 0. The first kappa shape index (κ1) is 40.9. The molecular formula is C75H84N3+3. The number of aromatic nitrogens is 3. The van der Waals surface area contributed by atoms with E-state index in [-0.39, 0.29) is 5.56 Å². The van der Waals surface area contributed by atoms with Crippen molar-refractivity contribution in [1.29, 1.82) is 0 Å². The maximum Gasteiger partial charge on any atom is 0.212 e. The molecule has 3 aromatic heterocycles. The second-order valence-corrected chi connectivity index (χ2v) is 21.5. The summed E-state index contributed by atoms with van der Waals surface area (Å²) >= 11 is 0. The van der Waals surface area contributed by atoms with Crippen molar-refractivity contribution in [3.05, 3.63) is 234 Å². The van der Waals surface area contributed by atoms with Crippen molar-refractivity contribution in [2.45, 2.75) is 135 Å². The van der Waals surface area contributed by atoms with Crippen LogP contribution in [0.5, 0.6) is 0 Å². The first-order valence-electron chi connectivity index (χ1n) is 34.1. The van der Waals surface area contributed by atoms with Gasteiger partial charge in [-0.3, -0.25) is 0 Å². The van der Waals surface area contributed by atoms with Gasteiger partial charge in [-0.05, 0) is 163 Å². The Morgan fingerprint density at radius 2 is 0.731 bits per heavy atom. The molecule has 3 aliphatic carbocycles. The van der Waals surface area contributed by atoms with Gasteiger partial charge in [-0.2, -0.15) is 0 Å². The molecule has 3 aliphatic rings. The van der Waals surface area contributed by atoms with Crippen LogP contribution >= 0.6 is 0 Å². The number of hydrogen-bond acceptors (Lipinski definition) is 0. The van der Waals surface area contributed by atoms with Gasteiger partial charge >= 0.3 is 0 Å². The summed E-state index contributed by atoms with van der Waals surface area (Å²) in [5, 5.41) is 0. The Bertz CT molecular complexity index is 4000. The van der Waals surface area contributed by atoms with E-state index in [0.717, 1.165) is 35.6 Å². The van der Waals surface area contributed by atoms with E-state index < -0.39 is 43.7 Å². The van der Waals surface area contributed by atoms with Crippen LogP contribution in [-0.2, 0) is 21.1 Å². The molecule has 3 heteroatoms. The molecule has 12 rings (SSSR count). The second-order valence-electron chi connectivity index (χ2n) is 21.5. The molecule has 78 heavy (non-hydrogen) atoms. The van der Waals surface area contributed by atoms with E-state index in [2.05, 4.69) is 171 Å². The van der Waals surface area contributed by atoms with E-state index in [4.69, 9.17) is 16.4 Å². The number of hydrogen-bond donors (Lipinski definition) is 0. The van der Waals surface area contributed by atoms with Crippen LogP contribution in [0.15, 0.2) is 201 Å². The Morgan fingerprint density at radius 3 is 1.15 bits per heavy atom. The molecule has 3 nitrogen and oxygen atoms in total. The van der Waals surface area contributed by atoms with Gasteiger partial charge in [0.2, 0.25) is 17.1 Å². The first-order valence-corrected chi connectivity index (χ1v) is 28.1. The standard InChI is InChI=1S/3C25H28N/c2*1-19-9-6-7-14-24(19)25-16-15-23(18-26(25)2)22-13-8-12-21(17-22)20-10-4-3-5-11-20;1-19-8-6-7-11-24(19)25-17-16-23(18-26(25)2)22-14-12-21(13-15-22)20-9-4-3-5-10-20/h2*6-9,12-18,20H,3-5,10-11H2,1-2H3;6-8,11-18,20H,3-5,9-10H2,1-2H3/q3*+1/i3D2,4D2,5D2,10D2,11D2,20D;20D;. The van der Waals surface area contributed by atoms with Gasteiger partial charge in [0.05, 0.1) is 0 Å². The van der Waals surface area contributed by atoms with Crippen molar-refractivity contribution >= 4 is 0 Å². The monoisotopic (exact) mass is 1040 g/mol. The Morgan fingerprint density at radius 1 is 0.346 bits per heavy atom. The molecule has 0 bridgehead atoms. The number of nitrogens with zero attached hydrogens (tertiary/aromatic N) is 3. The largest absolute Gasteiger partial charge is 0.212 e. The summed E-state index contributed by atoms with van der Waals surface area (Å²) < 4.78 is 107. The lowest BCUT2D eigenvalue weighted by atomic mass is 9.83. The quantitative estimate of drug-likeness (QED) is 0.128. The van der Waals surface area contributed by atoms with E-state index in [1.807, 2.05) is 61.1 Å². The number of aryl methyl sites for hydroxylation is 6. The van der Waals surface area contributed by atoms with Crippen LogP contribution < -0.4 is 13.7 Å². The van der Waals surface area contributed by atoms with Gasteiger partial charge in [0.1, 0.15) is 21.1 Å². The number of benzene rings is 6. The minimum Gasteiger partial charge on any atom is -0.200 e. The molecule has 9 aromatic rings. The second kappa shape index (κ2) is 25.9. The van der Waals surface area contributed by atoms with Crippen LogP contribution in [0.1, 0.15) is 164 Å². The van der Waals surface area contributed by atoms with Crippen LogP contribution in [0.4, 0.5) is 0 Å². The van der Waals surface area contributed by atoms with E-state index in [9.17, 15) is 0 Å². The molecule has 3 saturated carbocycles. The fraction of sp³-hybridized carbons (Fsp3) is 0.320. The highest BCUT2D eigenvalue weighted by atomic mass is 14.9. The van der Waals surface area contributed by atoms with Crippen molar-refractivity contribution in [1.82, 2.24) is 0 Å². The van der Waals surface area contributed by atoms with Crippen LogP contribution in [0.25, 0.3) is 67.2 Å². The highest BCUT2D eigenvalue weighted by Gasteiger charge is 2.21. The molecule has 0 N–H and O–H groups in total. The van der Waals surface area contributed by atoms with Crippen molar-refractivity contribution in [2.75, 3.05) is 0 Å². The summed E-state index contributed by atoms with van der Waals surface area (Å²) in [5.41, 5.74) is 19.3. The van der Waals surface area contributed by atoms with Crippen molar-refractivity contribution in [2.24, 2.45) is 21.1 Å². The summed E-state index contributed by atoms with van der Waals surface area (Å²) in [6.07, 6.45) is 1.34. The number of pyridine rings is 3. The number of rotatable bonds is 9. The summed E-state index contributed by atoms with van der Waals surface area (Å²) in [6.45, 7) is 6.34.